The Kier molecular flexibility index (Phi) is 5.14. The van der Waals surface area contributed by atoms with Gasteiger partial charge in [-0.25, -0.2) is 0 Å². The van der Waals surface area contributed by atoms with Crippen LogP contribution < -0.4 is 5.32 Å². The summed E-state index contributed by atoms with van der Waals surface area (Å²) in [5.74, 6) is 0. The zero-order valence-electron chi connectivity index (χ0n) is 11.8. The molecular weight excluding hydrogens is 252 g/mol. The summed E-state index contributed by atoms with van der Waals surface area (Å²) in [6.07, 6.45) is 0. The van der Waals surface area contributed by atoms with Gasteiger partial charge in [-0.2, -0.15) is 0 Å². The van der Waals surface area contributed by atoms with Crippen LogP contribution in [0.1, 0.15) is 29.4 Å². The molecule has 0 fully saturated rings. The van der Waals surface area contributed by atoms with Crippen molar-refractivity contribution >= 4 is 11.3 Å². The van der Waals surface area contributed by atoms with E-state index >= 15 is 0 Å². The van der Waals surface area contributed by atoms with Crippen LogP contribution in [-0.2, 0) is 0 Å². The maximum absolute atomic E-state index is 3.74. The van der Waals surface area contributed by atoms with Crippen LogP contribution in [-0.4, -0.2) is 25.5 Å². The van der Waals surface area contributed by atoms with Crippen LogP contribution in [0.2, 0.25) is 0 Å². The van der Waals surface area contributed by atoms with E-state index in [0.29, 0.717) is 12.1 Å². The first-order valence-electron chi connectivity index (χ1n) is 6.66. The fourth-order valence-corrected chi connectivity index (χ4v) is 2.97. The number of nitrogens with zero attached hydrogens (tertiary/aromatic N) is 1. The van der Waals surface area contributed by atoms with Gasteiger partial charge in [-0.1, -0.05) is 36.4 Å². The summed E-state index contributed by atoms with van der Waals surface area (Å²) in [5, 5.41) is 5.87. The lowest BCUT2D eigenvalue weighted by Gasteiger charge is -2.26. The minimum Gasteiger partial charge on any atom is -0.308 e. The van der Waals surface area contributed by atoms with E-state index in [0.717, 1.165) is 6.54 Å². The van der Waals surface area contributed by atoms with Gasteiger partial charge in [-0.15, -0.1) is 11.3 Å². The van der Waals surface area contributed by atoms with Crippen molar-refractivity contribution in [3.63, 3.8) is 0 Å². The van der Waals surface area contributed by atoms with Crippen molar-refractivity contribution < 1.29 is 0 Å². The molecule has 0 spiro atoms. The van der Waals surface area contributed by atoms with Crippen molar-refractivity contribution in [3.8, 4) is 0 Å². The lowest BCUT2D eigenvalue weighted by molar-refractivity contribution is 0.326. The highest BCUT2D eigenvalue weighted by molar-refractivity contribution is 7.10. The summed E-state index contributed by atoms with van der Waals surface area (Å²) in [5.41, 5.74) is 1.35. The third-order valence-corrected chi connectivity index (χ3v) is 4.23. The van der Waals surface area contributed by atoms with Crippen LogP contribution >= 0.6 is 11.3 Å². The molecule has 0 bridgehead atoms. The summed E-state index contributed by atoms with van der Waals surface area (Å²) in [4.78, 5) is 3.62. The first-order chi connectivity index (χ1) is 9.16. The van der Waals surface area contributed by atoms with E-state index in [2.05, 4.69) is 79.1 Å². The van der Waals surface area contributed by atoms with Crippen molar-refractivity contribution in [1.82, 2.24) is 10.2 Å². The molecule has 102 valence electrons. The molecule has 0 amide bonds. The number of hydrogen-bond donors (Lipinski definition) is 1. The molecular formula is C16H22N2S. The minimum atomic E-state index is 0.355. The zero-order chi connectivity index (χ0) is 13.7. The van der Waals surface area contributed by atoms with Crippen LogP contribution in [0.4, 0.5) is 0 Å². The van der Waals surface area contributed by atoms with Crippen molar-refractivity contribution in [1.29, 1.82) is 0 Å². The zero-order valence-corrected chi connectivity index (χ0v) is 12.7. The standard InChI is InChI=1S/C16H22N2S/c1-13(16-10-7-11-19-16)17-15(12-18(2)3)14-8-5-4-6-9-14/h4-11,13,15,17H,12H2,1-3H3. The molecule has 2 aromatic rings. The third kappa shape index (κ3) is 4.16. The van der Waals surface area contributed by atoms with Gasteiger partial charge < -0.3 is 10.2 Å². The number of benzene rings is 1. The van der Waals surface area contributed by atoms with Crippen LogP contribution in [0, 0.1) is 0 Å². The molecule has 2 unspecified atom stereocenters. The first kappa shape index (κ1) is 14.3. The van der Waals surface area contributed by atoms with Gasteiger partial charge in [0.05, 0.1) is 0 Å². The van der Waals surface area contributed by atoms with Crippen LogP contribution in [0.25, 0.3) is 0 Å². The quantitative estimate of drug-likeness (QED) is 0.864. The molecule has 19 heavy (non-hydrogen) atoms. The summed E-state index contributed by atoms with van der Waals surface area (Å²) in [6.45, 7) is 3.23. The molecule has 1 aromatic carbocycles. The first-order valence-corrected chi connectivity index (χ1v) is 7.54. The SMILES string of the molecule is CC(NC(CN(C)C)c1ccccc1)c1cccs1. The lowest BCUT2D eigenvalue weighted by atomic mass is 10.1. The van der Waals surface area contributed by atoms with Gasteiger partial charge in [-0.05, 0) is 38.0 Å². The lowest BCUT2D eigenvalue weighted by Crippen LogP contribution is -2.32. The second kappa shape index (κ2) is 6.85. The monoisotopic (exact) mass is 274 g/mol. The Hall–Kier alpha value is -1.16. The highest BCUT2D eigenvalue weighted by Gasteiger charge is 2.16. The fourth-order valence-electron chi connectivity index (χ4n) is 2.23. The summed E-state index contributed by atoms with van der Waals surface area (Å²) in [7, 11) is 4.24. The predicted octanol–water partition coefficient (Wildman–Crippen LogP) is 3.70. The van der Waals surface area contributed by atoms with E-state index in [1.807, 2.05) is 11.3 Å². The maximum Gasteiger partial charge on any atom is 0.0453 e. The molecule has 1 aromatic heterocycles. The average molecular weight is 274 g/mol. The van der Waals surface area contributed by atoms with Gasteiger partial charge in [0.15, 0.2) is 0 Å². The number of likely N-dealkylation sites (N-methyl/N-ethyl adjacent to an activating group) is 1. The van der Waals surface area contributed by atoms with E-state index in [1.165, 1.54) is 10.4 Å². The largest absolute Gasteiger partial charge is 0.308 e. The molecule has 2 nitrogen and oxygen atoms in total. The Morgan fingerprint density at radius 1 is 1.11 bits per heavy atom. The van der Waals surface area contributed by atoms with Crippen LogP contribution in [0.5, 0.6) is 0 Å². The summed E-state index contributed by atoms with van der Waals surface area (Å²) < 4.78 is 0. The second-order valence-corrected chi connectivity index (χ2v) is 6.11. The summed E-state index contributed by atoms with van der Waals surface area (Å²) >= 11 is 1.81. The van der Waals surface area contributed by atoms with Gasteiger partial charge in [-0.3, -0.25) is 0 Å². The molecule has 0 aliphatic carbocycles. The Morgan fingerprint density at radius 3 is 2.42 bits per heavy atom. The molecule has 0 aliphatic rings. The highest BCUT2D eigenvalue weighted by Crippen LogP contribution is 2.23. The van der Waals surface area contributed by atoms with E-state index in [-0.39, 0.29) is 0 Å². The Morgan fingerprint density at radius 2 is 1.84 bits per heavy atom. The molecule has 0 aliphatic heterocycles. The van der Waals surface area contributed by atoms with E-state index in [4.69, 9.17) is 0 Å². The highest BCUT2D eigenvalue weighted by atomic mass is 32.1. The molecule has 1 heterocycles. The van der Waals surface area contributed by atoms with E-state index < -0.39 is 0 Å². The van der Waals surface area contributed by atoms with Gasteiger partial charge in [0.2, 0.25) is 0 Å². The van der Waals surface area contributed by atoms with Crippen molar-refractivity contribution in [2.45, 2.75) is 19.0 Å². The average Bonchev–Trinajstić information content (AvgIpc) is 2.92. The van der Waals surface area contributed by atoms with Gasteiger partial charge >= 0.3 is 0 Å². The number of nitrogens with one attached hydrogen (secondary N) is 1. The van der Waals surface area contributed by atoms with Crippen molar-refractivity contribution in [3.05, 3.63) is 58.3 Å². The fraction of sp³-hybridized carbons (Fsp3) is 0.375. The molecule has 2 atom stereocenters. The Labute approximate surface area is 120 Å². The molecule has 0 radical (unpaired) electrons. The van der Waals surface area contributed by atoms with Crippen molar-refractivity contribution in [2.24, 2.45) is 0 Å². The van der Waals surface area contributed by atoms with Gasteiger partial charge in [0, 0.05) is 23.5 Å². The second-order valence-electron chi connectivity index (χ2n) is 5.13. The van der Waals surface area contributed by atoms with E-state index in [1.54, 1.807) is 0 Å². The molecule has 1 N–H and O–H groups in total. The summed E-state index contributed by atoms with van der Waals surface area (Å²) in [6, 6.07) is 15.7. The number of hydrogen-bond acceptors (Lipinski definition) is 3. The maximum atomic E-state index is 3.74. The normalized spacial score (nSPS) is 14.5. The Balaban J connectivity index is 2.10. The molecule has 2 rings (SSSR count). The molecule has 0 saturated carbocycles. The van der Waals surface area contributed by atoms with Crippen LogP contribution in [0.15, 0.2) is 47.8 Å². The molecule has 3 heteroatoms. The predicted molar refractivity (Wildman–Crippen MR) is 83.6 cm³/mol. The Bertz CT molecular complexity index is 465. The van der Waals surface area contributed by atoms with Crippen molar-refractivity contribution in [2.75, 3.05) is 20.6 Å². The molecule has 0 saturated heterocycles. The topological polar surface area (TPSA) is 15.3 Å². The van der Waals surface area contributed by atoms with Gasteiger partial charge in [0.25, 0.3) is 0 Å². The minimum absolute atomic E-state index is 0.355. The smallest absolute Gasteiger partial charge is 0.0453 e. The van der Waals surface area contributed by atoms with Gasteiger partial charge in [0.1, 0.15) is 0 Å². The number of rotatable bonds is 6. The van der Waals surface area contributed by atoms with E-state index in [9.17, 15) is 0 Å². The third-order valence-electron chi connectivity index (χ3n) is 3.17. The van der Waals surface area contributed by atoms with Crippen LogP contribution in [0.3, 0.4) is 0 Å². The number of thiophene rings is 1.